The van der Waals surface area contributed by atoms with Gasteiger partial charge in [0, 0.05) is 16.3 Å². The van der Waals surface area contributed by atoms with Gasteiger partial charge in [-0.2, -0.15) is 0 Å². The van der Waals surface area contributed by atoms with Crippen molar-refractivity contribution in [2.24, 2.45) is 0 Å². The maximum atomic E-state index is 11.6. The number of hydrogen-bond donors (Lipinski definition) is 3. The number of anilines is 1. The molecule has 1 atom stereocenters. The number of hydrogen-bond acceptors (Lipinski definition) is 7. The second-order valence-corrected chi connectivity index (χ2v) is 8.03. The minimum Gasteiger partial charge on any atom is -0.394 e. The van der Waals surface area contributed by atoms with Gasteiger partial charge in [0.05, 0.1) is 6.61 Å². The highest BCUT2D eigenvalue weighted by molar-refractivity contribution is 9.10. The van der Waals surface area contributed by atoms with Gasteiger partial charge in [0.25, 0.3) is 0 Å². The summed E-state index contributed by atoms with van der Waals surface area (Å²) in [4.78, 5) is 23.1. The van der Waals surface area contributed by atoms with Crippen molar-refractivity contribution in [1.29, 1.82) is 0 Å². The molecule has 3 rings (SSSR count). The van der Waals surface area contributed by atoms with Gasteiger partial charge in [0.15, 0.2) is 16.6 Å². The first-order valence-corrected chi connectivity index (χ1v) is 9.80. The smallest absolute Gasteiger partial charge is 0.306 e. The minimum atomic E-state index is -0.173. The van der Waals surface area contributed by atoms with Gasteiger partial charge in [-0.15, -0.1) is 0 Å². The molecule has 0 saturated carbocycles. The van der Waals surface area contributed by atoms with Crippen molar-refractivity contribution in [1.82, 2.24) is 15.0 Å². The molecule has 0 spiro atoms. The quantitative estimate of drug-likeness (QED) is 0.413. The number of aromatic amines is 1. The summed E-state index contributed by atoms with van der Waals surface area (Å²) in [6, 6.07) is 7.88. The Kier molecular flexibility index (Phi) is 5.54. The fraction of sp³-hybridized carbons (Fsp3) is 0.267. The van der Waals surface area contributed by atoms with Crippen molar-refractivity contribution >= 4 is 55.2 Å². The summed E-state index contributed by atoms with van der Waals surface area (Å²) in [7, 11) is 0. The summed E-state index contributed by atoms with van der Waals surface area (Å²) in [5.41, 5.74) is 1.67. The van der Waals surface area contributed by atoms with Crippen LogP contribution < -0.4 is 10.2 Å². The minimum absolute atomic E-state index is 0.0225. The number of thioether (sulfide) groups is 1. The van der Waals surface area contributed by atoms with Crippen LogP contribution in [0, 0.1) is 0 Å². The van der Waals surface area contributed by atoms with E-state index in [0.717, 1.165) is 21.4 Å². The molecule has 3 aromatic rings. The van der Waals surface area contributed by atoms with Crippen molar-refractivity contribution in [3.05, 3.63) is 44.0 Å². The highest BCUT2D eigenvalue weighted by Crippen LogP contribution is 2.28. The Hall–Kier alpha value is -1.42. The molecule has 2 aromatic heterocycles. The topological polar surface area (TPSA) is 90.9 Å². The highest BCUT2D eigenvalue weighted by atomic mass is 79.9. The van der Waals surface area contributed by atoms with E-state index < -0.39 is 0 Å². The average Bonchev–Trinajstić information content (AvgIpc) is 2.93. The predicted octanol–water partition coefficient (Wildman–Crippen LogP) is 3.23. The van der Waals surface area contributed by atoms with E-state index in [4.69, 9.17) is 0 Å². The van der Waals surface area contributed by atoms with Gasteiger partial charge >= 0.3 is 4.87 Å². The number of nitrogens with one attached hydrogen (secondary N) is 2. The van der Waals surface area contributed by atoms with Gasteiger partial charge in [0.1, 0.15) is 4.70 Å². The van der Waals surface area contributed by atoms with Crippen LogP contribution in [-0.4, -0.2) is 32.7 Å². The van der Waals surface area contributed by atoms with Crippen LogP contribution >= 0.6 is 39.0 Å². The second kappa shape index (κ2) is 7.64. The first-order valence-electron chi connectivity index (χ1n) is 7.20. The normalized spacial score (nSPS) is 12.5. The Morgan fingerprint density at radius 1 is 1.46 bits per heavy atom. The van der Waals surface area contributed by atoms with Crippen molar-refractivity contribution in [2.45, 2.75) is 23.9 Å². The molecule has 6 nitrogen and oxygen atoms in total. The molecule has 0 aliphatic carbocycles. The first kappa shape index (κ1) is 17.4. The van der Waals surface area contributed by atoms with E-state index in [1.807, 2.05) is 31.2 Å². The van der Waals surface area contributed by atoms with E-state index in [1.54, 1.807) is 0 Å². The van der Waals surface area contributed by atoms with Crippen molar-refractivity contribution in [2.75, 3.05) is 11.9 Å². The predicted molar refractivity (Wildman–Crippen MR) is 102 cm³/mol. The van der Waals surface area contributed by atoms with Crippen LogP contribution in [0.4, 0.5) is 5.82 Å². The van der Waals surface area contributed by atoms with E-state index in [2.05, 4.69) is 36.2 Å². The monoisotopic (exact) mass is 426 g/mol. The summed E-state index contributed by atoms with van der Waals surface area (Å²) in [5.74, 6) is 1.29. The number of rotatable bonds is 6. The number of thiazole rings is 1. The molecule has 2 heterocycles. The molecule has 0 aliphatic heterocycles. The number of benzene rings is 1. The van der Waals surface area contributed by atoms with Crippen LogP contribution in [-0.2, 0) is 5.75 Å². The molecule has 9 heteroatoms. The third-order valence-electron chi connectivity index (χ3n) is 3.17. The van der Waals surface area contributed by atoms with Gasteiger partial charge in [-0.3, -0.25) is 9.78 Å². The molecule has 1 aromatic carbocycles. The molecule has 3 N–H and O–H groups in total. The molecule has 1 unspecified atom stereocenters. The molecule has 0 bridgehead atoms. The standard InChI is InChI=1S/C15H15BrN4O2S2/c1-8(6-21)17-12-11-13(20-15(22)24-11)19-14(18-12)23-7-9-3-2-4-10(16)5-9/h2-5,8,21H,6-7H2,1H3,(H2,17,18,19,20,22). The molecule has 0 fully saturated rings. The van der Waals surface area contributed by atoms with E-state index in [9.17, 15) is 9.90 Å². The summed E-state index contributed by atoms with van der Waals surface area (Å²) in [6.45, 7) is 1.82. The summed E-state index contributed by atoms with van der Waals surface area (Å²) in [5, 5.41) is 12.9. The van der Waals surface area contributed by atoms with Crippen molar-refractivity contribution in [3.8, 4) is 0 Å². The van der Waals surface area contributed by atoms with E-state index in [0.29, 0.717) is 27.1 Å². The van der Waals surface area contributed by atoms with Crippen LogP contribution in [0.15, 0.2) is 38.7 Å². The Bertz CT molecular complexity index is 912. The number of halogens is 1. The zero-order chi connectivity index (χ0) is 17.1. The largest absolute Gasteiger partial charge is 0.394 e. The fourth-order valence-corrected chi connectivity index (χ4v) is 4.00. The summed E-state index contributed by atoms with van der Waals surface area (Å²) >= 11 is 6.01. The fourth-order valence-electron chi connectivity index (χ4n) is 2.04. The molecule has 0 radical (unpaired) electrons. The Labute approximate surface area is 154 Å². The second-order valence-electron chi connectivity index (χ2n) is 5.19. The third kappa shape index (κ3) is 4.15. The number of aliphatic hydroxyl groups is 1. The van der Waals surface area contributed by atoms with Gasteiger partial charge < -0.3 is 10.4 Å². The number of nitrogens with zero attached hydrogens (tertiary/aromatic N) is 2. The lowest BCUT2D eigenvalue weighted by Crippen LogP contribution is -2.20. The molecule has 0 aliphatic rings. The zero-order valence-corrected chi connectivity index (χ0v) is 16.0. The zero-order valence-electron chi connectivity index (χ0n) is 12.7. The Morgan fingerprint density at radius 3 is 3.04 bits per heavy atom. The Morgan fingerprint density at radius 2 is 2.29 bits per heavy atom. The van der Waals surface area contributed by atoms with Gasteiger partial charge in [0.2, 0.25) is 0 Å². The lowest BCUT2D eigenvalue weighted by atomic mass is 10.2. The molecule has 0 saturated heterocycles. The van der Waals surface area contributed by atoms with E-state index >= 15 is 0 Å². The number of fused-ring (bicyclic) bond motifs is 1. The van der Waals surface area contributed by atoms with Crippen LogP contribution in [0.3, 0.4) is 0 Å². The van der Waals surface area contributed by atoms with E-state index in [1.165, 1.54) is 11.8 Å². The third-order valence-corrected chi connectivity index (χ3v) is 5.46. The van der Waals surface area contributed by atoms with E-state index in [-0.39, 0.29) is 17.5 Å². The molecular weight excluding hydrogens is 412 g/mol. The molecule has 0 amide bonds. The summed E-state index contributed by atoms with van der Waals surface area (Å²) < 4.78 is 1.70. The van der Waals surface area contributed by atoms with Crippen LogP contribution in [0.5, 0.6) is 0 Å². The molecule has 126 valence electrons. The number of aromatic nitrogens is 3. The number of aliphatic hydroxyl groups excluding tert-OH is 1. The maximum Gasteiger partial charge on any atom is 0.306 e. The maximum absolute atomic E-state index is 11.6. The van der Waals surface area contributed by atoms with Gasteiger partial charge in [-0.25, -0.2) is 9.97 Å². The first-order chi connectivity index (χ1) is 11.5. The number of H-pyrrole nitrogens is 1. The molecule has 24 heavy (non-hydrogen) atoms. The SMILES string of the molecule is CC(CO)Nc1nc(SCc2cccc(Br)c2)nc2[nH]c(=O)sc12. The highest BCUT2D eigenvalue weighted by Gasteiger charge is 2.13. The van der Waals surface area contributed by atoms with Crippen LogP contribution in [0.2, 0.25) is 0 Å². The average molecular weight is 427 g/mol. The lowest BCUT2D eigenvalue weighted by Gasteiger charge is -2.12. The van der Waals surface area contributed by atoms with Gasteiger partial charge in [-0.05, 0) is 24.6 Å². The van der Waals surface area contributed by atoms with Crippen molar-refractivity contribution < 1.29 is 5.11 Å². The summed E-state index contributed by atoms with van der Waals surface area (Å²) in [6.07, 6.45) is 0. The Balaban J connectivity index is 1.88. The van der Waals surface area contributed by atoms with Crippen LogP contribution in [0.25, 0.3) is 10.3 Å². The van der Waals surface area contributed by atoms with Crippen molar-refractivity contribution in [3.63, 3.8) is 0 Å². The van der Waals surface area contributed by atoms with Gasteiger partial charge in [-0.1, -0.05) is 51.2 Å². The van der Waals surface area contributed by atoms with Crippen LogP contribution in [0.1, 0.15) is 12.5 Å². The lowest BCUT2D eigenvalue weighted by molar-refractivity contribution is 0.281. The molecular formula is C15H15BrN4O2S2.